The van der Waals surface area contributed by atoms with Crippen LogP contribution >= 0.6 is 0 Å². The van der Waals surface area contributed by atoms with E-state index in [0.717, 1.165) is 24.5 Å². The summed E-state index contributed by atoms with van der Waals surface area (Å²) in [5.74, 6) is 1.98. The summed E-state index contributed by atoms with van der Waals surface area (Å²) in [4.78, 5) is 0. The monoisotopic (exact) mass is 334 g/mol. The Bertz CT molecular complexity index is 390. The number of rotatable bonds is 4. The molecule has 2 aromatic rings. The van der Waals surface area contributed by atoms with E-state index in [-0.39, 0.29) is 19.5 Å². The van der Waals surface area contributed by atoms with E-state index in [0.29, 0.717) is 0 Å². The average molecular weight is 333 g/mol. The van der Waals surface area contributed by atoms with Gasteiger partial charge in [0.05, 0.1) is 13.7 Å². The molecule has 0 aliphatic carbocycles. The van der Waals surface area contributed by atoms with Gasteiger partial charge in [0, 0.05) is 11.5 Å². The zero-order valence-corrected chi connectivity index (χ0v) is 12.9. The molecule has 2 nitrogen and oxygen atoms in total. The third-order valence-electron chi connectivity index (χ3n) is 2.41. The van der Waals surface area contributed by atoms with Crippen molar-refractivity contribution in [2.24, 2.45) is 0 Å². The smallest absolute Gasteiger partial charge is 0.523 e. The number of hydrogen-bond acceptors (Lipinski definition) is 2. The Labute approximate surface area is 122 Å². The van der Waals surface area contributed by atoms with Gasteiger partial charge in [0.25, 0.3) is 0 Å². The molecule has 0 amide bonds. The predicted molar refractivity (Wildman–Crippen MR) is 71.2 cm³/mol. The van der Waals surface area contributed by atoms with Gasteiger partial charge in [-0.2, -0.15) is 23.8 Å². The van der Waals surface area contributed by atoms with Gasteiger partial charge in [-0.05, 0) is 6.92 Å². The van der Waals surface area contributed by atoms with Crippen molar-refractivity contribution in [1.82, 2.24) is 0 Å². The minimum Gasteiger partial charge on any atom is -0.523 e. The molecule has 0 heterocycles. The summed E-state index contributed by atoms with van der Waals surface area (Å²) in [5.41, 5.74) is 1.31. The van der Waals surface area contributed by atoms with Crippen LogP contribution in [0.15, 0.2) is 42.5 Å². The van der Waals surface area contributed by atoms with Gasteiger partial charge in [-0.3, -0.25) is 0 Å². The van der Waals surface area contributed by atoms with Gasteiger partial charge in [0.2, 0.25) is 0 Å². The Morgan fingerprint density at radius 1 is 1.11 bits per heavy atom. The number of hydrogen-bond donors (Lipinski definition) is 0. The Morgan fingerprint density at radius 2 is 1.89 bits per heavy atom. The van der Waals surface area contributed by atoms with E-state index in [9.17, 15) is 0 Å². The van der Waals surface area contributed by atoms with Crippen molar-refractivity contribution in [1.29, 1.82) is 0 Å². The van der Waals surface area contributed by atoms with Gasteiger partial charge < -0.3 is 9.47 Å². The van der Waals surface area contributed by atoms with Crippen LogP contribution in [0.1, 0.15) is 19.4 Å². The molecule has 100 valence electrons. The number of ether oxygens (including phenoxy) is 2. The second-order valence-corrected chi connectivity index (χ2v) is 3.53. The molecule has 0 saturated heterocycles. The van der Waals surface area contributed by atoms with E-state index < -0.39 is 0 Å². The molecule has 0 N–H and O–H groups in total. The minimum absolute atomic E-state index is 0. The molecule has 2 rings (SSSR count). The van der Waals surface area contributed by atoms with Crippen molar-refractivity contribution in [3.63, 3.8) is 0 Å². The summed E-state index contributed by atoms with van der Waals surface area (Å²) in [5, 5.41) is 0. The molecule has 0 aliphatic heterocycles. The van der Waals surface area contributed by atoms with Crippen LogP contribution < -0.4 is 9.47 Å². The average Bonchev–Trinajstić information content (AvgIpc) is 3.00. The van der Waals surface area contributed by atoms with E-state index in [2.05, 4.69) is 13.0 Å². The second kappa shape index (κ2) is 9.90. The summed E-state index contributed by atoms with van der Waals surface area (Å²) in [6.45, 7) is 4.90. The zero-order valence-electron chi connectivity index (χ0n) is 11.1. The molecule has 0 aromatic heterocycles. The fraction of sp³-hybridized carbons (Fsp3) is 0.333. The third kappa shape index (κ3) is 5.51. The van der Waals surface area contributed by atoms with E-state index in [1.54, 1.807) is 7.11 Å². The Morgan fingerprint density at radius 3 is 2.33 bits per heavy atom. The van der Waals surface area contributed by atoms with Crippen LogP contribution in [0.4, 0.5) is 0 Å². The molecular weight excluding hydrogens is 313 g/mol. The normalized spacial score (nSPS) is 8.83. The molecule has 18 heavy (non-hydrogen) atoms. The summed E-state index contributed by atoms with van der Waals surface area (Å²) in [7, 11) is 1.66. The van der Waals surface area contributed by atoms with Crippen LogP contribution in [0.3, 0.4) is 0 Å². The van der Waals surface area contributed by atoms with Crippen molar-refractivity contribution < 1.29 is 29.0 Å². The maximum absolute atomic E-state index is 5.37. The quantitative estimate of drug-likeness (QED) is 0.626. The fourth-order valence-electron chi connectivity index (χ4n) is 1.52. The van der Waals surface area contributed by atoms with Crippen molar-refractivity contribution in [2.75, 3.05) is 13.7 Å². The van der Waals surface area contributed by atoms with Crippen LogP contribution in [0.5, 0.6) is 11.5 Å². The van der Waals surface area contributed by atoms with Gasteiger partial charge in [0.1, 0.15) is 0 Å². The topological polar surface area (TPSA) is 18.5 Å². The van der Waals surface area contributed by atoms with E-state index in [1.165, 1.54) is 5.56 Å². The standard InChI is InChI=1S/C9H13O.C6H7O.Ru/c1-3-8-6-5-7-9(8)10-4-2;1-7-6-4-2-3-5-6;/h5-7H,3-4H2,1-2H3;2-5H,1H3;/q2*-1;+2. The Hall–Kier alpha value is -1.08. The third-order valence-corrected chi connectivity index (χ3v) is 2.41. The van der Waals surface area contributed by atoms with E-state index in [4.69, 9.17) is 9.47 Å². The second-order valence-electron chi connectivity index (χ2n) is 3.53. The maximum atomic E-state index is 5.37. The molecule has 0 bridgehead atoms. The Kier molecular flexibility index (Phi) is 9.31. The first-order valence-corrected chi connectivity index (χ1v) is 5.94. The van der Waals surface area contributed by atoms with Crippen molar-refractivity contribution >= 4 is 0 Å². The summed E-state index contributed by atoms with van der Waals surface area (Å²) in [6, 6.07) is 13.9. The van der Waals surface area contributed by atoms with Gasteiger partial charge in [-0.1, -0.05) is 13.3 Å². The molecule has 3 heteroatoms. The van der Waals surface area contributed by atoms with Crippen LogP contribution in [0, 0.1) is 0 Å². The van der Waals surface area contributed by atoms with Crippen LogP contribution in [0.2, 0.25) is 0 Å². The fourth-order valence-corrected chi connectivity index (χ4v) is 1.52. The molecule has 0 unspecified atom stereocenters. The summed E-state index contributed by atoms with van der Waals surface area (Å²) < 4.78 is 10.2. The first-order chi connectivity index (χ1) is 8.31. The van der Waals surface area contributed by atoms with Crippen molar-refractivity contribution in [3.05, 3.63) is 48.0 Å². The minimum atomic E-state index is 0. The van der Waals surface area contributed by atoms with Crippen molar-refractivity contribution in [3.8, 4) is 11.5 Å². The first kappa shape index (κ1) is 16.9. The predicted octanol–water partition coefficient (Wildman–Crippen LogP) is 3.78. The molecular formula is C15H20O2Ru. The molecule has 0 saturated carbocycles. The van der Waals surface area contributed by atoms with Gasteiger partial charge >= 0.3 is 19.5 Å². The van der Waals surface area contributed by atoms with Gasteiger partial charge in [-0.15, -0.1) is 12.1 Å². The summed E-state index contributed by atoms with van der Waals surface area (Å²) >= 11 is 0. The first-order valence-electron chi connectivity index (χ1n) is 5.94. The molecule has 0 fully saturated rings. The number of methoxy groups -OCH3 is 1. The van der Waals surface area contributed by atoms with Crippen LogP contribution in [-0.4, -0.2) is 13.7 Å². The molecule has 2 aromatic carbocycles. The van der Waals surface area contributed by atoms with Crippen LogP contribution in [0.25, 0.3) is 0 Å². The zero-order chi connectivity index (χ0) is 12.5. The SMILES string of the molecule is CCOc1[cH-]ccc1CC.COc1ccc[cH-]1.[Ru+2]. The van der Waals surface area contributed by atoms with E-state index in [1.807, 2.05) is 43.3 Å². The Balaban J connectivity index is 0.000000321. The largest absolute Gasteiger partial charge is 2.00 e. The van der Waals surface area contributed by atoms with Crippen molar-refractivity contribution in [2.45, 2.75) is 20.3 Å². The van der Waals surface area contributed by atoms with E-state index >= 15 is 0 Å². The summed E-state index contributed by atoms with van der Waals surface area (Å²) in [6.07, 6.45) is 1.06. The van der Waals surface area contributed by atoms with Crippen LogP contribution in [-0.2, 0) is 25.9 Å². The molecule has 0 aliphatic rings. The molecule has 0 atom stereocenters. The number of aryl methyl sites for hydroxylation is 1. The molecule has 0 radical (unpaired) electrons. The van der Waals surface area contributed by atoms with Gasteiger partial charge in [-0.25, -0.2) is 12.1 Å². The van der Waals surface area contributed by atoms with Gasteiger partial charge in [0.15, 0.2) is 0 Å². The maximum Gasteiger partial charge on any atom is 2.00 e. The molecule has 0 spiro atoms.